The summed E-state index contributed by atoms with van der Waals surface area (Å²) in [6.45, 7) is 17.0. The number of carboxylic acid groups (broad SMARTS) is 1. The van der Waals surface area contributed by atoms with Crippen LogP contribution in [0, 0.1) is 0 Å². The second-order valence-corrected chi connectivity index (χ2v) is 23.6. The fraction of sp³-hybridized carbons (Fsp3) is 0.260. The highest BCUT2D eigenvalue weighted by molar-refractivity contribution is 6.34. The van der Waals surface area contributed by atoms with Gasteiger partial charge < -0.3 is 64.2 Å². The van der Waals surface area contributed by atoms with Crippen molar-refractivity contribution in [3.8, 4) is 68.8 Å². The zero-order valence-electron chi connectivity index (χ0n) is 58.0. The lowest BCUT2D eigenvalue weighted by Crippen LogP contribution is -2.35. The lowest BCUT2D eigenvalue weighted by molar-refractivity contribution is -0.138. The van der Waals surface area contributed by atoms with Crippen molar-refractivity contribution in [2.45, 2.75) is 106 Å². The van der Waals surface area contributed by atoms with Crippen molar-refractivity contribution in [3.63, 3.8) is 0 Å². The summed E-state index contributed by atoms with van der Waals surface area (Å²) in [6.07, 6.45) is 2.27. The van der Waals surface area contributed by atoms with Crippen LogP contribution in [0.15, 0.2) is 175 Å². The van der Waals surface area contributed by atoms with Gasteiger partial charge >= 0.3 is 11.9 Å². The molecule has 100 heavy (non-hydrogen) atoms. The summed E-state index contributed by atoms with van der Waals surface area (Å²) in [5, 5.41) is 12.2. The monoisotopic (exact) mass is 1380 g/mol. The molecule has 6 N–H and O–H groups in total. The number of nitrogens with zero attached hydrogens (tertiary/aromatic N) is 3. The highest BCUT2D eigenvalue weighted by Crippen LogP contribution is 2.32. The summed E-state index contributed by atoms with van der Waals surface area (Å²) < 4.78 is 47.5. The number of carboxylic acids is 1. The Hall–Kier alpha value is -11.4. The summed E-state index contributed by atoms with van der Waals surface area (Å²) in [7, 11) is 6.38. The molecule has 2 aromatic heterocycles. The average molecular weight is 1380 g/mol. The van der Waals surface area contributed by atoms with Gasteiger partial charge in [-0.1, -0.05) is 23.7 Å². The number of carbonyl (C=O) groups excluding carboxylic acids is 4. The number of aromatic nitrogens is 4. The number of halogens is 1. The number of amides is 1. The maximum atomic E-state index is 12.3. The van der Waals surface area contributed by atoms with Gasteiger partial charge in [-0.3, -0.25) is 24.0 Å². The van der Waals surface area contributed by atoms with E-state index in [0.29, 0.717) is 55.9 Å². The molecule has 2 aliphatic heterocycles. The van der Waals surface area contributed by atoms with Crippen LogP contribution in [-0.4, -0.2) is 108 Å². The van der Waals surface area contributed by atoms with Gasteiger partial charge in [-0.05, 0) is 224 Å². The number of aliphatic carboxylic acids is 1. The molecule has 10 aromatic rings. The highest BCUT2D eigenvalue weighted by atomic mass is 35.5. The van der Waals surface area contributed by atoms with Crippen LogP contribution >= 0.6 is 11.6 Å². The zero-order valence-corrected chi connectivity index (χ0v) is 58.8. The van der Waals surface area contributed by atoms with Gasteiger partial charge in [0.25, 0.3) is 17.4 Å². The third-order valence-corrected chi connectivity index (χ3v) is 14.4. The molecular weight excluding hydrogens is 1300 g/mol. The Balaban J connectivity index is 0.000000197. The lowest BCUT2D eigenvalue weighted by atomic mass is 9.91. The third-order valence-electron chi connectivity index (χ3n) is 14.2. The minimum atomic E-state index is -0.833. The molecule has 0 bridgehead atoms. The number of H-pyrrole nitrogens is 1. The Morgan fingerprint density at radius 3 is 1.42 bits per heavy atom. The van der Waals surface area contributed by atoms with Crippen molar-refractivity contribution in [1.82, 2.24) is 31.4 Å². The molecule has 4 heterocycles. The van der Waals surface area contributed by atoms with Crippen molar-refractivity contribution >= 4 is 63.5 Å². The first-order chi connectivity index (χ1) is 47.3. The second kappa shape index (κ2) is 37.4. The number of aromatic amines is 1. The van der Waals surface area contributed by atoms with E-state index in [1.165, 1.54) is 7.11 Å². The summed E-state index contributed by atoms with van der Waals surface area (Å²) >= 11 is 6.29. The Morgan fingerprint density at radius 1 is 0.530 bits per heavy atom. The minimum Gasteiger partial charge on any atom is -0.497 e. The second-order valence-electron chi connectivity index (χ2n) is 23.2. The Morgan fingerprint density at radius 2 is 0.940 bits per heavy atom. The third kappa shape index (κ3) is 22.9. The molecule has 0 saturated heterocycles. The number of hydrogen-bond donors (Lipinski definition) is 4. The van der Waals surface area contributed by atoms with E-state index in [4.69, 9.17) is 59.4 Å². The van der Waals surface area contributed by atoms with E-state index in [-0.39, 0.29) is 54.5 Å². The summed E-state index contributed by atoms with van der Waals surface area (Å²) in [6, 6.07) is 51.4. The molecule has 22 nitrogen and oxygen atoms in total. The first-order valence-electron chi connectivity index (χ1n) is 31.6. The van der Waals surface area contributed by atoms with Crippen molar-refractivity contribution in [2.75, 3.05) is 28.4 Å². The number of nitrogens with one attached hydrogen (secondary N) is 2. The van der Waals surface area contributed by atoms with E-state index in [0.717, 1.165) is 92.8 Å². The van der Waals surface area contributed by atoms with E-state index < -0.39 is 17.9 Å². The summed E-state index contributed by atoms with van der Waals surface area (Å²) in [5.74, 6) is 5.18. The van der Waals surface area contributed by atoms with Crippen molar-refractivity contribution < 1.29 is 71.7 Å². The van der Waals surface area contributed by atoms with Crippen LogP contribution in [0.4, 0.5) is 0 Å². The SMILES string of the molecule is CC(=O)O.CC(C)Oc1ccc(C=O)cc1.COc1ccc2c(=O)[nH]c(-c3ccc(OC(C)C)cc3)nc2c1.COc1ccc2c(Cl)nc(-c3ccc(OC(C)C)cc3)nc2c1.COc1ccc2c(c1)CC(=O)OC2=O.COc1ccc2c(c1)CC(c1ccc(OC(C)C)cc1)NC2=O.N. The summed E-state index contributed by atoms with van der Waals surface area (Å²) in [4.78, 5) is 82.3. The Bertz CT molecular complexity index is 4450. The minimum absolute atomic E-state index is 0. The van der Waals surface area contributed by atoms with Crippen molar-refractivity contribution in [1.29, 1.82) is 0 Å². The molecule has 23 heteroatoms. The maximum absolute atomic E-state index is 12.3. The van der Waals surface area contributed by atoms with Crippen LogP contribution < -0.4 is 54.9 Å². The number of carbonyl (C=O) groups is 5. The van der Waals surface area contributed by atoms with Crippen LogP contribution in [0.1, 0.15) is 116 Å². The zero-order chi connectivity index (χ0) is 71.9. The molecule has 1 atom stereocenters. The largest absolute Gasteiger partial charge is 0.497 e. The number of aldehydes is 1. The van der Waals surface area contributed by atoms with Crippen LogP contribution in [0.2, 0.25) is 5.15 Å². The van der Waals surface area contributed by atoms with Crippen LogP contribution in [0.5, 0.6) is 46.0 Å². The van der Waals surface area contributed by atoms with Gasteiger partial charge in [0.2, 0.25) is 0 Å². The van der Waals surface area contributed by atoms with Gasteiger partial charge in [0, 0.05) is 46.7 Å². The van der Waals surface area contributed by atoms with Gasteiger partial charge in [-0.25, -0.2) is 19.7 Å². The number of fused-ring (bicyclic) bond motifs is 4. The van der Waals surface area contributed by atoms with E-state index in [9.17, 15) is 24.0 Å². The molecule has 0 aliphatic carbocycles. The highest BCUT2D eigenvalue weighted by Gasteiger charge is 2.27. The predicted molar refractivity (Wildman–Crippen MR) is 385 cm³/mol. The molecule has 8 aromatic carbocycles. The number of esters is 2. The van der Waals surface area contributed by atoms with E-state index in [1.807, 2.05) is 165 Å². The predicted octanol–water partition coefficient (Wildman–Crippen LogP) is 15.1. The summed E-state index contributed by atoms with van der Waals surface area (Å²) in [5.41, 5.74) is 7.46. The number of rotatable bonds is 16. The fourth-order valence-corrected chi connectivity index (χ4v) is 10.0. The molecule has 1 amide bonds. The van der Waals surface area contributed by atoms with E-state index in [2.05, 4.69) is 30.0 Å². The molecule has 524 valence electrons. The molecule has 0 fully saturated rings. The average Bonchev–Trinajstić information content (AvgIpc) is 0.817. The van der Waals surface area contributed by atoms with Gasteiger partial charge in [0.05, 0.1) is 87.3 Å². The van der Waals surface area contributed by atoms with Crippen molar-refractivity contribution in [2.24, 2.45) is 0 Å². The maximum Gasteiger partial charge on any atom is 0.346 e. The normalized spacial score (nSPS) is 12.4. The van der Waals surface area contributed by atoms with E-state index in [1.54, 1.807) is 82.0 Å². The molecule has 0 saturated carbocycles. The molecule has 12 rings (SSSR count). The quantitative estimate of drug-likeness (QED) is 0.0302. The number of methoxy groups -OCH3 is 4. The first kappa shape index (κ1) is 77.6. The lowest BCUT2D eigenvalue weighted by Gasteiger charge is -2.26. The number of cyclic esters (lactones) is 2. The smallest absolute Gasteiger partial charge is 0.346 e. The standard InChI is InChI=1S/C19H21NO3.C18H17ClN2O2.C18H18N2O3.C10H8O4.C10H12O2.C2H4O2.H3N/c1-12(2)23-15-6-4-13(5-7-15)18-11-14-10-16(22-3)8-9-17(14)19(21)20-18;1-11(2)23-13-6-4-12(5-7-13)18-20-16-10-14(22-3)8-9-15(16)17(19)21-18;1-11(2)23-13-6-4-12(5-7-13)17-19-16-10-14(22-3)8-9-15(16)18(21)20-17;1-13-7-2-3-8-6(4-7)5-9(11)14-10(8)12;1-8(2)12-10-5-3-9(7-11)4-6-10;1-2(3)4;/h4-10,12,18H,11H2,1-3H3,(H,20,21);4-11H,1-3H3;4-11H,1-3H3,(H,19,20,21);2-4H,5H2,1H3;3-8H,1-2H3;1H3,(H,3,4);1H3. The number of ether oxygens (including phenoxy) is 9. The van der Waals surface area contributed by atoms with Gasteiger partial charge in [0.15, 0.2) is 5.82 Å². The van der Waals surface area contributed by atoms with Gasteiger partial charge in [0.1, 0.15) is 63.3 Å². The molecule has 0 spiro atoms. The Labute approximate surface area is 585 Å². The Kier molecular flexibility index (Phi) is 29.0. The topological polar surface area (TPSA) is 307 Å². The van der Waals surface area contributed by atoms with Crippen molar-refractivity contribution in [3.05, 3.63) is 219 Å². The number of benzene rings is 8. The van der Waals surface area contributed by atoms with Crippen LogP contribution in [-0.2, 0) is 27.2 Å². The molecule has 1 unspecified atom stereocenters. The first-order valence-corrected chi connectivity index (χ1v) is 31.9. The molecule has 2 aliphatic rings. The molecular formula is C77H83ClN6O16. The fourth-order valence-electron chi connectivity index (χ4n) is 9.76. The number of hydrogen-bond acceptors (Lipinski definition) is 19. The molecule has 0 radical (unpaired) electrons. The van der Waals surface area contributed by atoms with E-state index >= 15 is 0 Å². The van der Waals surface area contributed by atoms with Gasteiger partial charge in [-0.2, -0.15) is 0 Å². The van der Waals surface area contributed by atoms with Crippen LogP contribution in [0.25, 0.3) is 44.6 Å². The van der Waals surface area contributed by atoms with Gasteiger partial charge in [-0.15, -0.1) is 0 Å². The van der Waals surface area contributed by atoms with Crippen LogP contribution in [0.3, 0.4) is 0 Å².